The maximum absolute atomic E-state index is 12.3. The molecular formula is C19H25N3O3S. The van der Waals surface area contributed by atoms with E-state index in [4.69, 9.17) is 4.74 Å². The van der Waals surface area contributed by atoms with Crippen LogP contribution in [0.1, 0.15) is 30.1 Å². The summed E-state index contributed by atoms with van der Waals surface area (Å²) in [4.78, 5) is 26.8. The Morgan fingerprint density at radius 2 is 2.08 bits per heavy atom. The summed E-state index contributed by atoms with van der Waals surface area (Å²) in [6.45, 7) is 5.51. The number of nitrogens with zero attached hydrogens (tertiary/aromatic N) is 1. The molecule has 0 unspecified atom stereocenters. The minimum atomic E-state index is -0.268. The minimum Gasteiger partial charge on any atom is -0.487 e. The molecule has 2 amide bonds. The number of thioether (sulfide) groups is 1. The molecule has 0 saturated carbocycles. The van der Waals surface area contributed by atoms with E-state index in [0.717, 1.165) is 25.3 Å². The summed E-state index contributed by atoms with van der Waals surface area (Å²) < 4.78 is 5.33. The highest BCUT2D eigenvalue weighted by Gasteiger charge is 2.23. The van der Waals surface area contributed by atoms with Crippen molar-refractivity contribution in [2.75, 3.05) is 37.3 Å². The van der Waals surface area contributed by atoms with E-state index in [0.29, 0.717) is 36.2 Å². The molecule has 1 aromatic carbocycles. The van der Waals surface area contributed by atoms with Crippen molar-refractivity contribution in [2.45, 2.75) is 25.8 Å². The van der Waals surface area contributed by atoms with Crippen molar-refractivity contribution < 1.29 is 14.3 Å². The van der Waals surface area contributed by atoms with Crippen LogP contribution in [0.4, 0.5) is 5.69 Å². The van der Waals surface area contributed by atoms with E-state index < -0.39 is 0 Å². The number of hydrogen-bond acceptors (Lipinski definition) is 5. The first-order valence-corrected chi connectivity index (χ1v) is 10.1. The molecule has 0 bridgehead atoms. The van der Waals surface area contributed by atoms with Crippen molar-refractivity contribution in [2.24, 2.45) is 0 Å². The lowest BCUT2D eigenvalue weighted by Crippen LogP contribution is -2.40. The Morgan fingerprint density at radius 3 is 2.77 bits per heavy atom. The van der Waals surface area contributed by atoms with Gasteiger partial charge in [0.15, 0.2) is 5.76 Å². The second kappa shape index (κ2) is 9.09. The highest BCUT2D eigenvalue weighted by atomic mass is 32.2. The lowest BCUT2D eigenvalue weighted by Gasteiger charge is -2.22. The van der Waals surface area contributed by atoms with E-state index in [-0.39, 0.29) is 11.8 Å². The fourth-order valence-corrected chi connectivity index (χ4v) is 3.86. The zero-order valence-corrected chi connectivity index (χ0v) is 15.8. The summed E-state index contributed by atoms with van der Waals surface area (Å²) in [5, 5.41) is 7.53. The van der Waals surface area contributed by atoms with Crippen LogP contribution in [0.15, 0.2) is 35.4 Å². The Labute approximate surface area is 158 Å². The van der Waals surface area contributed by atoms with Gasteiger partial charge in [-0.3, -0.25) is 14.5 Å². The number of rotatable bonds is 6. The third-order valence-electron chi connectivity index (χ3n) is 4.68. The molecular weight excluding hydrogens is 350 g/mol. The topological polar surface area (TPSA) is 70.7 Å². The molecule has 2 heterocycles. The molecule has 3 rings (SSSR count). The first-order chi connectivity index (χ1) is 12.7. The van der Waals surface area contributed by atoms with Crippen LogP contribution in [0, 0.1) is 0 Å². The maximum atomic E-state index is 12.3. The number of nitrogens with one attached hydrogen (secondary N) is 2. The van der Waals surface area contributed by atoms with E-state index in [1.807, 2.05) is 0 Å². The average molecular weight is 375 g/mol. The van der Waals surface area contributed by atoms with Gasteiger partial charge in [0.1, 0.15) is 0 Å². The van der Waals surface area contributed by atoms with Gasteiger partial charge in [0, 0.05) is 35.0 Å². The van der Waals surface area contributed by atoms with Gasteiger partial charge in [0.25, 0.3) is 11.8 Å². The number of hydrogen-bond donors (Lipinski definition) is 2. The molecule has 1 atom stereocenters. The fraction of sp³-hybridized carbons (Fsp3) is 0.474. The van der Waals surface area contributed by atoms with Crippen LogP contribution in [0.2, 0.25) is 0 Å². The number of ether oxygens (including phenoxy) is 1. The van der Waals surface area contributed by atoms with Crippen molar-refractivity contribution in [3.63, 3.8) is 0 Å². The Morgan fingerprint density at radius 1 is 1.27 bits per heavy atom. The summed E-state index contributed by atoms with van der Waals surface area (Å²) >= 11 is 1.56. The van der Waals surface area contributed by atoms with E-state index in [2.05, 4.69) is 22.5 Å². The third kappa shape index (κ3) is 4.80. The Balaban J connectivity index is 1.51. The summed E-state index contributed by atoms with van der Waals surface area (Å²) in [7, 11) is 0. The van der Waals surface area contributed by atoms with E-state index in [9.17, 15) is 9.59 Å². The van der Waals surface area contributed by atoms with Gasteiger partial charge < -0.3 is 15.4 Å². The van der Waals surface area contributed by atoms with Crippen molar-refractivity contribution in [3.05, 3.63) is 41.0 Å². The number of amides is 2. The SMILES string of the molecule is CCN1CCC[C@H]1CNC(=O)c1ccc(NC(=O)C2=CSCCO2)cc1. The van der Waals surface area contributed by atoms with Gasteiger partial charge in [-0.15, -0.1) is 11.8 Å². The second-order valence-electron chi connectivity index (χ2n) is 6.37. The number of likely N-dealkylation sites (tertiary alicyclic amines) is 1. The number of carbonyl (C=O) groups is 2. The molecule has 0 spiro atoms. The van der Waals surface area contributed by atoms with E-state index in [1.165, 1.54) is 6.42 Å². The smallest absolute Gasteiger partial charge is 0.291 e. The Hall–Kier alpha value is -1.99. The third-order valence-corrected chi connectivity index (χ3v) is 5.46. The average Bonchev–Trinajstić information content (AvgIpc) is 3.15. The molecule has 1 fully saturated rings. The molecule has 1 aromatic rings. The first kappa shape index (κ1) is 18.8. The predicted octanol–water partition coefficient (Wildman–Crippen LogP) is 2.44. The normalized spacial score (nSPS) is 20.2. The lowest BCUT2D eigenvalue weighted by atomic mass is 10.1. The molecule has 0 aromatic heterocycles. The zero-order chi connectivity index (χ0) is 18.4. The van der Waals surface area contributed by atoms with E-state index >= 15 is 0 Å². The largest absolute Gasteiger partial charge is 0.487 e. The van der Waals surface area contributed by atoms with Gasteiger partial charge in [0.05, 0.1) is 6.61 Å². The van der Waals surface area contributed by atoms with E-state index in [1.54, 1.807) is 41.4 Å². The number of likely N-dealkylation sites (N-methyl/N-ethyl adjacent to an activating group) is 1. The standard InChI is InChI=1S/C19H25N3O3S/c1-2-22-9-3-4-16(22)12-20-18(23)14-5-7-15(8-6-14)21-19(24)17-13-26-11-10-25-17/h5-8,13,16H,2-4,9-12H2,1H3,(H,20,23)(H,21,24)/t16-/m0/s1. The lowest BCUT2D eigenvalue weighted by molar-refractivity contribution is -0.116. The van der Waals surface area contributed by atoms with Gasteiger partial charge in [0.2, 0.25) is 0 Å². The molecule has 1 saturated heterocycles. The molecule has 7 heteroatoms. The van der Waals surface area contributed by atoms with Crippen molar-refractivity contribution in [1.29, 1.82) is 0 Å². The molecule has 2 N–H and O–H groups in total. The van der Waals surface area contributed by atoms with Crippen LogP contribution >= 0.6 is 11.8 Å². The molecule has 26 heavy (non-hydrogen) atoms. The molecule has 0 radical (unpaired) electrons. The van der Waals surface area contributed by atoms with Gasteiger partial charge in [-0.2, -0.15) is 0 Å². The van der Waals surface area contributed by atoms with Crippen molar-refractivity contribution >= 4 is 29.3 Å². The Kier molecular flexibility index (Phi) is 6.57. The van der Waals surface area contributed by atoms with Crippen LogP contribution in [0.5, 0.6) is 0 Å². The quantitative estimate of drug-likeness (QED) is 0.799. The van der Waals surface area contributed by atoms with Gasteiger partial charge >= 0.3 is 0 Å². The molecule has 2 aliphatic rings. The van der Waals surface area contributed by atoms with Crippen LogP contribution in [0.3, 0.4) is 0 Å². The monoisotopic (exact) mass is 375 g/mol. The summed E-state index contributed by atoms with van der Waals surface area (Å²) in [5.74, 6) is 0.841. The molecule has 2 aliphatic heterocycles. The Bertz CT molecular complexity index is 675. The highest BCUT2D eigenvalue weighted by Crippen LogP contribution is 2.18. The second-order valence-corrected chi connectivity index (χ2v) is 7.34. The predicted molar refractivity (Wildman–Crippen MR) is 104 cm³/mol. The fourth-order valence-electron chi connectivity index (χ4n) is 3.24. The van der Waals surface area contributed by atoms with Gasteiger partial charge in [-0.1, -0.05) is 6.92 Å². The van der Waals surface area contributed by atoms with Gasteiger partial charge in [-0.25, -0.2) is 0 Å². The summed E-state index contributed by atoms with van der Waals surface area (Å²) in [6.07, 6.45) is 2.33. The minimum absolute atomic E-state index is 0.0828. The number of carbonyl (C=O) groups excluding carboxylic acids is 2. The molecule has 0 aliphatic carbocycles. The van der Waals surface area contributed by atoms with Crippen LogP contribution < -0.4 is 10.6 Å². The number of benzene rings is 1. The molecule has 140 valence electrons. The zero-order valence-electron chi connectivity index (χ0n) is 15.0. The van der Waals surface area contributed by atoms with Crippen LogP contribution in [-0.2, 0) is 9.53 Å². The summed E-state index contributed by atoms with van der Waals surface area (Å²) in [6, 6.07) is 7.35. The maximum Gasteiger partial charge on any atom is 0.291 e. The van der Waals surface area contributed by atoms with Crippen molar-refractivity contribution in [3.8, 4) is 0 Å². The van der Waals surface area contributed by atoms with Crippen LogP contribution in [-0.4, -0.2) is 54.8 Å². The number of anilines is 1. The molecule has 6 nitrogen and oxygen atoms in total. The highest BCUT2D eigenvalue weighted by molar-refractivity contribution is 8.02. The van der Waals surface area contributed by atoms with Crippen molar-refractivity contribution in [1.82, 2.24) is 10.2 Å². The first-order valence-electron chi connectivity index (χ1n) is 9.05. The van der Waals surface area contributed by atoms with Gasteiger partial charge in [-0.05, 0) is 50.2 Å². The summed E-state index contributed by atoms with van der Waals surface area (Å²) in [5.41, 5.74) is 1.23. The van der Waals surface area contributed by atoms with Crippen LogP contribution in [0.25, 0.3) is 0 Å².